The Balaban J connectivity index is 2.38. The number of carbonyl (C=O) groups excluding carboxylic acids is 1. The van der Waals surface area contributed by atoms with Crippen LogP contribution in [0.15, 0.2) is 0 Å². The monoisotopic (exact) mass is 126 g/mol. The quantitative estimate of drug-likeness (QED) is 0.529. The Morgan fingerprint density at radius 1 is 1.56 bits per heavy atom. The summed E-state index contributed by atoms with van der Waals surface area (Å²) in [6.45, 7) is 4.36. The summed E-state index contributed by atoms with van der Waals surface area (Å²) < 4.78 is 0. The standard InChI is InChI=1S/C8H14O/c1-8(2,5-6-9)7-3-4-7/h6-7H,3-5H2,1-2H3. The highest BCUT2D eigenvalue weighted by Crippen LogP contribution is 2.46. The number of hydrogen-bond acceptors (Lipinski definition) is 1. The molecule has 0 aromatic rings. The third-order valence-electron chi connectivity index (χ3n) is 2.29. The summed E-state index contributed by atoms with van der Waals surface area (Å²) in [5, 5.41) is 0. The molecule has 0 N–H and O–H groups in total. The molecule has 1 nitrogen and oxygen atoms in total. The first-order valence-electron chi connectivity index (χ1n) is 3.60. The van der Waals surface area contributed by atoms with E-state index < -0.39 is 0 Å². The first-order valence-corrected chi connectivity index (χ1v) is 3.60. The molecule has 1 rings (SSSR count). The van der Waals surface area contributed by atoms with E-state index in [0.717, 1.165) is 18.6 Å². The van der Waals surface area contributed by atoms with Crippen LogP contribution in [-0.4, -0.2) is 6.29 Å². The van der Waals surface area contributed by atoms with Crippen LogP contribution in [0.25, 0.3) is 0 Å². The van der Waals surface area contributed by atoms with Crippen molar-refractivity contribution in [2.24, 2.45) is 11.3 Å². The molecule has 9 heavy (non-hydrogen) atoms. The lowest BCUT2D eigenvalue weighted by Crippen LogP contribution is -2.13. The molecule has 0 spiro atoms. The fourth-order valence-corrected chi connectivity index (χ4v) is 1.25. The molecule has 0 bridgehead atoms. The highest BCUT2D eigenvalue weighted by molar-refractivity contribution is 5.50. The average Bonchev–Trinajstić information content (AvgIpc) is 2.41. The first kappa shape index (κ1) is 6.79. The van der Waals surface area contributed by atoms with Gasteiger partial charge in [0.15, 0.2) is 0 Å². The lowest BCUT2D eigenvalue weighted by molar-refractivity contribution is -0.109. The summed E-state index contributed by atoms with van der Waals surface area (Å²) in [4.78, 5) is 10.2. The zero-order valence-corrected chi connectivity index (χ0v) is 6.18. The third-order valence-corrected chi connectivity index (χ3v) is 2.29. The summed E-state index contributed by atoms with van der Waals surface area (Å²) in [5.41, 5.74) is 0.293. The van der Waals surface area contributed by atoms with Crippen molar-refractivity contribution in [2.45, 2.75) is 33.1 Å². The third kappa shape index (κ3) is 1.54. The first-order chi connectivity index (χ1) is 4.17. The maximum absolute atomic E-state index is 10.2. The van der Waals surface area contributed by atoms with E-state index >= 15 is 0 Å². The molecule has 0 saturated heterocycles. The number of hydrogen-bond donors (Lipinski definition) is 0. The maximum Gasteiger partial charge on any atom is 0.120 e. The topological polar surface area (TPSA) is 17.1 Å². The van der Waals surface area contributed by atoms with E-state index in [4.69, 9.17) is 0 Å². The summed E-state index contributed by atoms with van der Waals surface area (Å²) >= 11 is 0. The van der Waals surface area contributed by atoms with Crippen molar-refractivity contribution >= 4 is 6.29 Å². The number of aldehydes is 1. The zero-order valence-electron chi connectivity index (χ0n) is 6.18. The lowest BCUT2D eigenvalue weighted by Gasteiger charge is -2.20. The van der Waals surface area contributed by atoms with Gasteiger partial charge < -0.3 is 4.79 Å². The molecule has 0 aromatic heterocycles. The summed E-state index contributed by atoms with van der Waals surface area (Å²) in [7, 11) is 0. The molecular weight excluding hydrogens is 112 g/mol. The van der Waals surface area contributed by atoms with E-state index in [0.29, 0.717) is 5.41 Å². The normalized spacial score (nSPS) is 19.8. The maximum atomic E-state index is 10.2. The van der Waals surface area contributed by atoms with Crippen molar-refractivity contribution < 1.29 is 4.79 Å². The molecule has 1 fully saturated rings. The second-order valence-electron chi connectivity index (χ2n) is 3.63. The van der Waals surface area contributed by atoms with Gasteiger partial charge in [-0.2, -0.15) is 0 Å². The molecule has 0 unspecified atom stereocenters. The van der Waals surface area contributed by atoms with E-state index in [1.54, 1.807) is 0 Å². The second-order valence-corrected chi connectivity index (χ2v) is 3.63. The average molecular weight is 126 g/mol. The fourth-order valence-electron chi connectivity index (χ4n) is 1.25. The minimum absolute atomic E-state index is 0.293. The molecule has 1 heteroatoms. The molecule has 0 heterocycles. The Bertz CT molecular complexity index is 112. The van der Waals surface area contributed by atoms with Gasteiger partial charge in [0, 0.05) is 6.42 Å². The Labute approximate surface area is 56.4 Å². The van der Waals surface area contributed by atoms with Gasteiger partial charge in [-0.15, -0.1) is 0 Å². The van der Waals surface area contributed by atoms with Gasteiger partial charge in [0.25, 0.3) is 0 Å². The van der Waals surface area contributed by atoms with E-state index in [1.165, 1.54) is 12.8 Å². The molecule has 0 amide bonds. The smallest absolute Gasteiger partial charge is 0.120 e. The van der Waals surface area contributed by atoms with Crippen molar-refractivity contribution in [1.82, 2.24) is 0 Å². The molecule has 1 aliphatic carbocycles. The van der Waals surface area contributed by atoms with Crippen LogP contribution < -0.4 is 0 Å². The van der Waals surface area contributed by atoms with Crippen molar-refractivity contribution in [3.63, 3.8) is 0 Å². The van der Waals surface area contributed by atoms with Crippen LogP contribution in [0.2, 0.25) is 0 Å². The Morgan fingerprint density at radius 2 is 2.11 bits per heavy atom. The van der Waals surface area contributed by atoms with E-state index in [-0.39, 0.29) is 0 Å². The van der Waals surface area contributed by atoms with Crippen molar-refractivity contribution in [2.75, 3.05) is 0 Å². The predicted molar refractivity (Wildman–Crippen MR) is 37.2 cm³/mol. The van der Waals surface area contributed by atoms with Crippen molar-refractivity contribution in [1.29, 1.82) is 0 Å². The summed E-state index contributed by atoms with van der Waals surface area (Å²) in [6, 6.07) is 0. The van der Waals surface area contributed by atoms with E-state index in [1.807, 2.05) is 0 Å². The predicted octanol–water partition coefficient (Wildman–Crippen LogP) is 2.01. The fraction of sp³-hybridized carbons (Fsp3) is 0.875. The van der Waals surface area contributed by atoms with Crippen LogP contribution in [0, 0.1) is 11.3 Å². The van der Waals surface area contributed by atoms with Crippen LogP contribution in [0.5, 0.6) is 0 Å². The zero-order chi connectivity index (χ0) is 6.91. The second kappa shape index (κ2) is 2.13. The van der Waals surface area contributed by atoms with Gasteiger partial charge >= 0.3 is 0 Å². The van der Waals surface area contributed by atoms with Gasteiger partial charge in [-0.05, 0) is 24.2 Å². The molecule has 0 aromatic carbocycles. The lowest BCUT2D eigenvalue weighted by atomic mass is 9.85. The molecule has 1 aliphatic rings. The highest BCUT2D eigenvalue weighted by Gasteiger charge is 2.36. The number of carbonyl (C=O) groups is 1. The Morgan fingerprint density at radius 3 is 2.44 bits per heavy atom. The van der Waals surface area contributed by atoms with Gasteiger partial charge in [0.05, 0.1) is 0 Å². The summed E-state index contributed by atoms with van der Waals surface area (Å²) in [5.74, 6) is 0.836. The molecular formula is C8H14O. The largest absolute Gasteiger partial charge is 0.303 e. The van der Waals surface area contributed by atoms with Gasteiger partial charge in [-0.1, -0.05) is 13.8 Å². The Hall–Kier alpha value is -0.330. The molecule has 0 radical (unpaired) electrons. The minimum Gasteiger partial charge on any atom is -0.303 e. The van der Waals surface area contributed by atoms with Crippen LogP contribution in [-0.2, 0) is 4.79 Å². The molecule has 1 saturated carbocycles. The van der Waals surface area contributed by atoms with E-state index in [9.17, 15) is 4.79 Å². The highest BCUT2D eigenvalue weighted by atomic mass is 16.1. The van der Waals surface area contributed by atoms with Crippen LogP contribution in [0.1, 0.15) is 33.1 Å². The van der Waals surface area contributed by atoms with Gasteiger partial charge in [0.1, 0.15) is 6.29 Å². The molecule has 0 aliphatic heterocycles. The Kier molecular flexibility index (Phi) is 1.60. The minimum atomic E-state index is 0.293. The number of rotatable bonds is 3. The SMILES string of the molecule is CC(C)(CC=O)C1CC1. The van der Waals surface area contributed by atoms with Crippen molar-refractivity contribution in [3.8, 4) is 0 Å². The van der Waals surface area contributed by atoms with Crippen molar-refractivity contribution in [3.05, 3.63) is 0 Å². The van der Waals surface area contributed by atoms with E-state index in [2.05, 4.69) is 13.8 Å². The van der Waals surface area contributed by atoms with Gasteiger partial charge in [0.2, 0.25) is 0 Å². The van der Waals surface area contributed by atoms with Gasteiger partial charge in [-0.25, -0.2) is 0 Å². The molecule has 0 atom stereocenters. The van der Waals surface area contributed by atoms with Crippen LogP contribution in [0.3, 0.4) is 0 Å². The van der Waals surface area contributed by atoms with Crippen LogP contribution >= 0.6 is 0 Å². The van der Waals surface area contributed by atoms with Gasteiger partial charge in [-0.3, -0.25) is 0 Å². The molecule has 52 valence electrons. The van der Waals surface area contributed by atoms with Crippen LogP contribution in [0.4, 0.5) is 0 Å². The summed E-state index contributed by atoms with van der Waals surface area (Å²) in [6.07, 6.45) is 4.44.